The Kier molecular flexibility index (Phi) is 6.10. The van der Waals surface area contributed by atoms with Crippen molar-refractivity contribution in [3.8, 4) is 0 Å². The number of benzene rings is 1. The van der Waals surface area contributed by atoms with Crippen molar-refractivity contribution >= 4 is 5.69 Å². The number of hydrogen-bond donors (Lipinski definition) is 1. The average Bonchev–Trinajstić information content (AvgIpc) is 2.51. The van der Waals surface area contributed by atoms with E-state index in [4.69, 9.17) is 5.73 Å². The van der Waals surface area contributed by atoms with E-state index in [1.54, 1.807) is 0 Å². The molecule has 1 aliphatic rings. The number of nitrogens with two attached hydrogens (primary N) is 1. The normalized spacial score (nSPS) is 17.7. The van der Waals surface area contributed by atoms with Crippen LogP contribution in [0.25, 0.3) is 0 Å². The Balaban J connectivity index is 2.26. The third-order valence-electron chi connectivity index (χ3n) is 4.91. The molecule has 2 rings (SSSR count). The maximum atomic E-state index is 6.23. The van der Waals surface area contributed by atoms with Crippen molar-refractivity contribution < 1.29 is 0 Å². The summed E-state index contributed by atoms with van der Waals surface area (Å²) < 4.78 is 0. The summed E-state index contributed by atoms with van der Waals surface area (Å²) in [4.78, 5) is 2.64. The summed E-state index contributed by atoms with van der Waals surface area (Å²) in [6, 6.07) is 7.92. The van der Waals surface area contributed by atoms with Crippen LogP contribution in [0.1, 0.15) is 63.5 Å². The predicted octanol–water partition coefficient (Wildman–Crippen LogP) is 4.43. The van der Waals surface area contributed by atoms with Crippen molar-refractivity contribution in [1.29, 1.82) is 0 Å². The topological polar surface area (TPSA) is 29.3 Å². The molecule has 0 radical (unpaired) electrons. The van der Waals surface area contributed by atoms with E-state index in [9.17, 15) is 0 Å². The van der Waals surface area contributed by atoms with Crippen LogP contribution in [-0.2, 0) is 6.42 Å². The van der Waals surface area contributed by atoms with Crippen LogP contribution in [0, 0.1) is 6.92 Å². The quantitative estimate of drug-likeness (QED) is 0.839. The molecule has 2 nitrogen and oxygen atoms in total. The lowest BCUT2D eigenvalue weighted by Gasteiger charge is -2.37. The van der Waals surface area contributed by atoms with E-state index in [2.05, 4.69) is 43.9 Å². The number of aryl methyl sites for hydroxylation is 1. The van der Waals surface area contributed by atoms with E-state index >= 15 is 0 Å². The van der Waals surface area contributed by atoms with Crippen molar-refractivity contribution in [3.63, 3.8) is 0 Å². The molecular weight excluding hydrogens is 256 g/mol. The first-order valence-electron chi connectivity index (χ1n) is 8.77. The van der Waals surface area contributed by atoms with Crippen molar-refractivity contribution in [2.75, 3.05) is 11.4 Å². The molecule has 1 aliphatic carbocycles. The Labute approximate surface area is 130 Å². The van der Waals surface area contributed by atoms with Gasteiger partial charge in [-0.2, -0.15) is 0 Å². The van der Waals surface area contributed by atoms with Gasteiger partial charge in [0.25, 0.3) is 0 Å². The number of nitrogens with zero attached hydrogens (tertiary/aromatic N) is 1. The molecule has 1 atom stereocenters. The highest BCUT2D eigenvalue weighted by molar-refractivity contribution is 5.56. The summed E-state index contributed by atoms with van der Waals surface area (Å²) in [6.45, 7) is 7.75. The first-order valence-corrected chi connectivity index (χ1v) is 8.77. The fraction of sp³-hybridized carbons (Fsp3) is 0.684. The molecule has 2 heteroatoms. The molecule has 1 fully saturated rings. The van der Waals surface area contributed by atoms with Gasteiger partial charge < -0.3 is 10.6 Å². The SMILES string of the molecule is CCC(N)Cc1cc(C)ccc1N(CC)C1CCCCC1. The number of hydrogen-bond acceptors (Lipinski definition) is 2. The summed E-state index contributed by atoms with van der Waals surface area (Å²) in [5.74, 6) is 0. The van der Waals surface area contributed by atoms with Gasteiger partial charge in [0.15, 0.2) is 0 Å². The molecule has 2 N–H and O–H groups in total. The molecule has 0 aromatic heterocycles. The van der Waals surface area contributed by atoms with Gasteiger partial charge in [0.2, 0.25) is 0 Å². The third kappa shape index (κ3) is 4.23. The van der Waals surface area contributed by atoms with Gasteiger partial charge in [0.1, 0.15) is 0 Å². The molecule has 1 aromatic carbocycles. The molecule has 1 unspecified atom stereocenters. The predicted molar refractivity (Wildman–Crippen MR) is 93.0 cm³/mol. The average molecular weight is 288 g/mol. The first kappa shape index (κ1) is 16.4. The Morgan fingerprint density at radius 2 is 1.90 bits per heavy atom. The van der Waals surface area contributed by atoms with E-state index in [-0.39, 0.29) is 6.04 Å². The molecule has 0 bridgehead atoms. The summed E-state index contributed by atoms with van der Waals surface area (Å²) >= 11 is 0. The van der Waals surface area contributed by atoms with E-state index in [1.807, 2.05) is 0 Å². The van der Waals surface area contributed by atoms with E-state index < -0.39 is 0 Å². The van der Waals surface area contributed by atoms with Crippen molar-refractivity contribution in [2.45, 2.75) is 77.8 Å². The van der Waals surface area contributed by atoms with Crippen LogP contribution in [0.5, 0.6) is 0 Å². The van der Waals surface area contributed by atoms with Gasteiger partial charge >= 0.3 is 0 Å². The lowest BCUT2D eigenvalue weighted by molar-refractivity contribution is 0.417. The highest BCUT2D eigenvalue weighted by atomic mass is 15.2. The Hall–Kier alpha value is -1.02. The van der Waals surface area contributed by atoms with E-state index in [0.29, 0.717) is 0 Å². The zero-order valence-electron chi connectivity index (χ0n) is 14.1. The number of rotatable bonds is 6. The maximum absolute atomic E-state index is 6.23. The molecule has 0 amide bonds. The van der Waals surface area contributed by atoms with Crippen LogP contribution < -0.4 is 10.6 Å². The highest BCUT2D eigenvalue weighted by Gasteiger charge is 2.22. The Morgan fingerprint density at radius 3 is 2.52 bits per heavy atom. The lowest BCUT2D eigenvalue weighted by atomic mass is 9.92. The van der Waals surface area contributed by atoms with Crippen molar-refractivity contribution in [1.82, 2.24) is 0 Å². The summed E-state index contributed by atoms with van der Waals surface area (Å²) in [5.41, 5.74) is 10.4. The molecule has 1 saturated carbocycles. The van der Waals surface area contributed by atoms with Crippen LogP contribution in [0.15, 0.2) is 18.2 Å². The summed E-state index contributed by atoms with van der Waals surface area (Å²) in [5, 5.41) is 0. The standard InChI is InChI=1S/C19H32N2/c1-4-17(20)14-16-13-15(3)11-12-19(16)21(5-2)18-9-7-6-8-10-18/h11-13,17-18H,4-10,14,20H2,1-3H3. The summed E-state index contributed by atoms with van der Waals surface area (Å²) in [7, 11) is 0. The zero-order valence-corrected chi connectivity index (χ0v) is 14.1. The number of anilines is 1. The van der Waals surface area contributed by atoms with Gasteiger partial charge in [-0.25, -0.2) is 0 Å². The Morgan fingerprint density at radius 1 is 1.19 bits per heavy atom. The second-order valence-corrected chi connectivity index (χ2v) is 6.58. The molecule has 118 valence electrons. The molecular formula is C19H32N2. The smallest absolute Gasteiger partial charge is 0.0401 e. The minimum absolute atomic E-state index is 0.274. The van der Waals surface area contributed by atoms with Gasteiger partial charge in [-0.15, -0.1) is 0 Å². The fourth-order valence-corrected chi connectivity index (χ4v) is 3.60. The second-order valence-electron chi connectivity index (χ2n) is 6.58. The maximum Gasteiger partial charge on any atom is 0.0401 e. The fourth-order valence-electron chi connectivity index (χ4n) is 3.60. The van der Waals surface area contributed by atoms with E-state index in [0.717, 1.165) is 25.4 Å². The Bertz CT molecular complexity index is 435. The van der Waals surface area contributed by atoms with Crippen LogP contribution in [0.2, 0.25) is 0 Å². The molecule has 0 saturated heterocycles. The minimum Gasteiger partial charge on any atom is -0.369 e. The molecule has 1 aromatic rings. The van der Waals surface area contributed by atoms with Gasteiger partial charge in [0, 0.05) is 24.3 Å². The molecule has 0 aliphatic heterocycles. The van der Waals surface area contributed by atoms with Gasteiger partial charge in [0.05, 0.1) is 0 Å². The zero-order chi connectivity index (χ0) is 15.2. The van der Waals surface area contributed by atoms with E-state index in [1.165, 1.54) is 48.9 Å². The highest BCUT2D eigenvalue weighted by Crippen LogP contribution is 2.30. The van der Waals surface area contributed by atoms with Crippen LogP contribution in [-0.4, -0.2) is 18.6 Å². The van der Waals surface area contributed by atoms with Gasteiger partial charge in [-0.05, 0) is 51.2 Å². The van der Waals surface area contributed by atoms with Crippen LogP contribution in [0.3, 0.4) is 0 Å². The summed E-state index contributed by atoms with van der Waals surface area (Å²) in [6.07, 6.45) is 8.92. The lowest BCUT2D eigenvalue weighted by Crippen LogP contribution is -2.37. The molecule has 0 spiro atoms. The first-order chi connectivity index (χ1) is 10.2. The largest absolute Gasteiger partial charge is 0.369 e. The molecule has 0 heterocycles. The minimum atomic E-state index is 0.274. The van der Waals surface area contributed by atoms with Crippen molar-refractivity contribution in [3.05, 3.63) is 29.3 Å². The van der Waals surface area contributed by atoms with Gasteiger partial charge in [-0.3, -0.25) is 0 Å². The van der Waals surface area contributed by atoms with Crippen LogP contribution in [0.4, 0.5) is 5.69 Å². The monoisotopic (exact) mass is 288 g/mol. The second kappa shape index (κ2) is 7.84. The van der Waals surface area contributed by atoms with Crippen LogP contribution >= 0.6 is 0 Å². The van der Waals surface area contributed by atoms with Gasteiger partial charge in [-0.1, -0.05) is 43.9 Å². The molecule has 21 heavy (non-hydrogen) atoms. The van der Waals surface area contributed by atoms with Crippen molar-refractivity contribution in [2.24, 2.45) is 5.73 Å². The third-order valence-corrected chi connectivity index (χ3v) is 4.91.